The number of fused-ring (bicyclic) bond motifs is 1. The summed E-state index contributed by atoms with van der Waals surface area (Å²) in [6.07, 6.45) is 8.69. The van der Waals surface area contributed by atoms with Crippen molar-refractivity contribution in [2.75, 3.05) is 49.6 Å². The molecule has 1 unspecified atom stereocenters. The van der Waals surface area contributed by atoms with E-state index in [1.807, 2.05) is 41.2 Å². The summed E-state index contributed by atoms with van der Waals surface area (Å²) in [4.78, 5) is 40.3. The molecular formula is C29H33N7O4. The molecule has 2 fully saturated rings. The number of anilines is 2. The molecule has 2 amide bonds. The Labute approximate surface area is 232 Å². The van der Waals surface area contributed by atoms with E-state index in [4.69, 9.17) is 4.74 Å². The van der Waals surface area contributed by atoms with Gasteiger partial charge in [0.15, 0.2) is 5.82 Å². The van der Waals surface area contributed by atoms with E-state index in [1.165, 1.54) is 0 Å². The van der Waals surface area contributed by atoms with Crippen molar-refractivity contribution in [2.24, 2.45) is 0 Å². The standard InChI is InChI=1S/C29H33N7O4/c37-24-5-2-9-34(18-24)27(38)16-21-3-1-4-23(15-21)36-19-25(28-30-8-10-35(28)20-36)32-26-7-6-22(17-31-26)29(39)33-11-13-40-14-12-33/h1,3-4,6-8,10,15,17,19,24,37H,2,5,9,11-14,16,18,20H2,(H,31,32). The van der Waals surface area contributed by atoms with Crippen LogP contribution < -0.4 is 10.2 Å². The lowest BCUT2D eigenvalue weighted by molar-refractivity contribution is -0.133. The number of piperidine rings is 1. The van der Waals surface area contributed by atoms with Crippen molar-refractivity contribution in [3.8, 4) is 0 Å². The third kappa shape index (κ3) is 5.70. The number of amides is 2. The highest BCUT2D eigenvalue weighted by atomic mass is 16.5. The van der Waals surface area contributed by atoms with E-state index >= 15 is 0 Å². The molecule has 40 heavy (non-hydrogen) atoms. The molecular weight excluding hydrogens is 510 g/mol. The minimum absolute atomic E-state index is 0.0333. The predicted molar refractivity (Wildman–Crippen MR) is 149 cm³/mol. The van der Waals surface area contributed by atoms with Crippen LogP contribution in [-0.4, -0.2) is 86.8 Å². The maximum Gasteiger partial charge on any atom is 0.255 e. The number of hydrogen-bond acceptors (Lipinski definition) is 8. The zero-order valence-electron chi connectivity index (χ0n) is 22.3. The molecule has 2 N–H and O–H groups in total. The van der Waals surface area contributed by atoms with Gasteiger partial charge in [-0.15, -0.1) is 0 Å². The van der Waals surface area contributed by atoms with Crippen molar-refractivity contribution in [1.82, 2.24) is 24.3 Å². The Bertz CT molecular complexity index is 1400. The molecule has 1 aromatic carbocycles. The molecule has 0 aliphatic carbocycles. The van der Waals surface area contributed by atoms with Gasteiger partial charge in [0, 0.05) is 56.7 Å². The third-order valence-corrected chi connectivity index (χ3v) is 7.46. The van der Waals surface area contributed by atoms with Gasteiger partial charge in [0.25, 0.3) is 5.91 Å². The van der Waals surface area contributed by atoms with Crippen molar-refractivity contribution >= 4 is 29.0 Å². The molecule has 0 bridgehead atoms. The minimum atomic E-state index is -0.436. The van der Waals surface area contributed by atoms with Crippen LogP contribution in [0.25, 0.3) is 5.70 Å². The number of aliphatic hydroxyl groups is 1. The number of benzene rings is 1. The maximum atomic E-state index is 12.9. The van der Waals surface area contributed by atoms with Crippen LogP contribution in [0.2, 0.25) is 0 Å². The summed E-state index contributed by atoms with van der Waals surface area (Å²) in [6, 6.07) is 11.5. The van der Waals surface area contributed by atoms with Crippen molar-refractivity contribution < 1.29 is 19.4 Å². The Hall–Kier alpha value is -4.22. The molecule has 6 rings (SSSR count). The number of hydrogen-bond donors (Lipinski definition) is 2. The largest absolute Gasteiger partial charge is 0.391 e. The van der Waals surface area contributed by atoms with E-state index < -0.39 is 6.10 Å². The summed E-state index contributed by atoms with van der Waals surface area (Å²) in [5, 5.41) is 13.3. The SMILES string of the molecule is O=C(Cc1cccc(N2C=C(Nc3ccc(C(=O)N4CCOCC4)cn3)c3nccn3C2)c1)N1CCCC(O)C1. The molecule has 5 heterocycles. The smallest absolute Gasteiger partial charge is 0.255 e. The number of carbonyl (C=O) groups excluding carboxylic acids is 2. The number of imidazole rings is 1. The molecule has 11 nitrogen and oxygen atoms in total. The van der Waals surface area contributed by atoms with Gasteiger partial charge in [0.2, 0.25) is 5.91 Å². The molecule has 3 aromatic rings. The normalized spacial score (nSPS) is 19.2. The van der Waals surface area contributed by atoms with Gasteiger partial charge in [-0.1, -0.05) is 12.1 Å². The number of aliphatic hydroxyl groups excluding tert-OH is 1. The second-order valence-electron chi connectivity index (χ2n) is 10.3. The maximum absolute atomic E-state index is 12.9. The van der Waals surface area contributed by atoms with Gasteiger partial charge in [0.05, 0.1) is 37.0 Å². The van der Waals surface area contributed by atoms with E-state index in [0.29, 0.717) is 63.9 Å². The van der Waals surface area contributed by atoms with Gasteiger partial charge in [0.1, 0.15) is 12.5 Å². The lowest BCUT2D eigenvalue weighted by Gasteiger charge is -2.30. The van der Waals surface area contributed by atoms with E-state index in [-0.39, 0.29) is 11.8 Å². The monoisotopic (exact) mass is 543 g/mol. The summed E-state index contributed by atoms with van der Waals surface area (Å²) < 4.78 is 7.37. The van der Waals surface area contributed by atoms with E-state index in [1.54, 1.807) is 34.3 Å². The fourth-order valence-corrected chi connectivity index (χ4v) is 5.32. The number of carbonyl (C=O) groups is 2. The van der Waals surface area contributed by atoms with Gasteiger partial charge < -0.3 is 34.4 Å². The predicted octanol–water partition coefficient (Wildman–Crippen LogP) is 2.16. The number of nitrogens with zero attached hydrogens (tertiary/aromatic N) is 6. The first-order valence-electron chi connectivity index (χ1n) is 13.7. The first-order valence-corrected chi connectivity index (χ1v) is 13.7. The van der Waals surface area contributed by atoms with Crippen LogP contribution in [0.4, 0.5) is 11.5 Å². The van der Waals surface area contributed by atoms with Crippen molar-refractivity contribution in [3.05, 3.63) is 78.1 Å². The molecule has 208 valence electrons. The van der Waals surface area contributed by atoms with Crippen molar-refractivity contribution in [3.63, 3.8) is 0 Å². The lowest BCUT2D eigenvalue weighted by Crippen LogP contribution is -2.42. The van der Waals surface area contributed by atoms with Crippen LogP contribution >= 0.6 is 0 Å². The molecule has 2 saturated heterocycles. The number of β-amino-alcohol motifs (C(OH)–C–C–N with tert-alkyl or cyclic N) is 1. The Morgan fingerprint density at radius 3 is 2.75 bits per heavy atom. The highest BCUT2D eigenvalue weighted by Crippen LogP contribution is 2.27. The van der Waals surface area contributed by atoms with Crippen LogP contribution in [0.5, 0.6) is 0 Å². The topological polar surface area (TPSA) is 116 Å². The van der Waals surface area contributed by atoms with Crippen LogP contribution in [-0.2, 0) is 22.6 Å². The summed E-state index contributed by atoms with van der Waals surface area (Å²) in [5.74, 6) is 1.37. The van der Waals surface area contributed by atoms with Gasteiger partial charge in [-0.3, -0.25) is 9.59 Å². The van der Waals surface area contributed by atoms with Crippen molar-refractivity contribution in [1.29, 1.82) is 0 Å². The molecule has 0 spiro atoms. The third-order valence-electron chi connectivity index (χ3n) is 7.46. The van der Waals surface area contributed by atoms with Crippen LogP contribution in [0.1, 0.15) is 34.6 Å². The zero-order valence-corrected chi connectivity index (χ0v) is 22.3. The Kier molecular flexibility index (Phi) is 7.47. The Morgan fingerprint density at radius 1 is 1.07 bits per heavy atom. The number of rotatable bonds is 6. The first-order chi connectivity index (χ1) is 19.5. The summed E-state index contributed by atoms with van der Waals surface area (Å²) in [6.45, 7) is 3.94. The Balaban J connectivity index is 1.17. The number of likely N-dealkylation sites (tertiary alicyclic amines) is 1. The van der Waals surface area contributed by atoms with E-state index in [9.17, 15) is 14.7 Å². The Morgan fingerprint density at radius 2 is 1.95 bits per heavy atom. The fraction of sp³-hybridized carbons (Fsp3) is 0.379. The molecule has 0 saturated carbocycles. The number of nitrogens with one attached hydrogen (secondary N) is 1. The molecule has 2 aromatic heterocycles. The average molecular weight is 544 g/mol. The number of ether oxygens (including phenoxy) is 1. The highest BCUT2D eigenvalue weighted by molar-refractivity contribution is 5.94. The first kappa shape index (κ1) is 26.0. The van der Waals surface area contributed by atoms with Gasteiger partial charge in [-0.25, -0.2) is 9.97 Å². The van der Waals surface area contributed by atoms with E-state index in [0.717, 1.165) is 35.6 Å². The van der Waals surface area contributed by atoms with Crippen LogP contribution in [0.15, 0.2) is 61.2 Å². The molecule has 1 atom stereocenters. The fourth-order valence-electron chi connectivity index (χ4n) is 5.32. The van der Waals surface area contributed by atoms with Gasteiger partial charge >= 0.3 is 0 Å². The number of aromatic nitrogens is 3. The van der Waals surface area contributed by atoms with Crippen molar-refractivity contribution in [2.45, 2.75) is 32.0 Å². The minimum Gasteiger partial charge on any atom is -0.391 e. The molecule has 3 aliphatic heterocycles. The lowest BCUT2D eigenvalue weighted by atomic mass is 10.1. The molecule has 3 aliphatic rings. The molecule has 11 heteroatoms. The van der Waals surface area contributed by atoms with Gasteiger partial charge in [-0.05, 0) is 42.7 Å². The van der Waals surface area contributed by atoms with Crippen LogP contribution in [0, 0.1) is 0 Å². The second kappa shape index (κ2) is 11.5. The zero-order chi connectivity index (χ0) is 27.5. The molecule has 0 radical (unpaired) electrons. The van der Waals surface area contributed by atoms with Crippen LogP contribution in [0.3, 0.4) is 0 Å². The quantitative estimate of drug-likeness (QED) is 0.486. The van der Waals surface area contributed by atoms with Gasteiger partial charge in [-0.2, -0.15) is 0 Å². The summed E-state index contributed by atoms with van der Waals surface area (Å²) in [7, 11) is 0. The number of pyridine rings is 1. The summed E-state index contributed by atoms with van der Waals surface area (Å²) >= 11 is 0. The average Bonchev–Trinajstić information content (AvgIpc) is 3.47. The summed E-state index contributed by atoms with van der Waals surface area (Å²) in [5.41, 5.74) is 3.17. The highest BCUT2D eigenvalue weighted by Gasteiger charge is 2.24. The number of morpholine rings is 1. The van der Waals surface area contributed by atoms with E-state index in [2.05, 4.69) is 20.2 Å². The second-order valence-corrected chi connectivity index (χ2v) is 10.3.